The molecule has 1 aromatic heterocycles. The van der Waals surface area contributed by atoms with Crippen LogP contribution < -0.4 is 5.32 Å². The van der Waals surface area contributed by atoms with Gasteiger partial charge in [-0.2, -0.15) is 4.31 Å². The molecule has 1 aromatic carbocycles. The molecule has 0 bridgehead atoms. The van der Waals surface area contributed by atoms with E-state index in [2.05, 4.69) is 5.32 Å². The van der Waals surface area contributed by atoms with Crippen LogP contribution in [0.5, 0.6) is 0 Å². The fraction of sp³-hybridized carbons (Fsp3) is 0.267. The number of anilines is 1. The molecule has 1 aliphatic rings. The topological polar surface area (TPSA) is 66.5 Å². The van der Waals surface area contributed by atoms with Gasteiger partial charge in [-0.05, 0) is 48.6 Å². The standard InChI is InChI=1S/C15H15ClN2O3S2/c16-11-5-7-12(8-6-11)17-15(19)13-3-1-9-18(13)23(20,21)14-4-2-10-22-14/h2,4-8,10,13H,1,3,9H2,(H,17,19). The second kappa shape index (κ2) is 6.60. The van der Waals surface area contributed by atoms with Crippen LogP contribution in [-0.4, -0.2) is 31.2 Å². The predicted octanol–water partition coefficient (Wildman–Crippen LogP) is 3.19. The van der Waals surface area contributed by atoms with E-state index in [4.69, 9.17) is 11.6 Å². The Balaban J connectivity index is 1.79. The first-order valence-electron chi connectivity index (χ1n) is 7.10. The summed E-state index contributed by atoms with van der Waals surface area (Å²) in [7, 11) is -3.62. The molecule has 1 saturated heterocycles. The molecule has 0 aliphatic carbocycles. The van der Waals surface area contributed by atoms with Gasteiger partial charge < -0.3 is 5.32 Å². The van der Waals surface area contributed by atoms with Crippen LogP contribution >= 0.6 is 22.9 Å². The Morgan fingerprint density at radius 3 is 2.65 bits per heavy atom. The average Bonchev–Trinajstić information content (AvgIpc) is 3.21. The lowest BCUT2D eigenvalue weighted by atomic mass is 10.2. The molecule has 1 fully saturated rings. The number of hydrogen-bond acceptors (Lipinski definition) is 4. The van der Waals surface area contributed by atoms with E-state index < -0.39 is 16.1 Å². The van der Waals surface area contributed by atoms with Crippen molar-refractivity contribution >= 4 is 44.6 Å². The normalized spacial score (nSPS) is 18.9. The van der Waals surface area contributed by atoms with E-state index in [1.54, 1.807) is 41.8 Å². The van der Waals surface area contributed by atoms with Gasteiger partial charge >= 0.3 is 0 Å². The molecule has 2 aromatic rings. The van der Waals surface area contributed by atoms with E-state index in [9.17, 15) is 13.2 Å². The minimum atomic E-state index is -3.62. The molecule has 1 unspecified atom stereocenters. The van der Waals surface area contributed by atoms with Gasteiger partial charge in [-0.15, -0.1) is 11.3 Å². The van der Waals surface area contributed by atoms with Crippen molar-refractivity contribution in [3.8, 4) is 0 Å². The van der Waals surface area contributed by atoms with Gasteiger partial charge in [-0.25, -0.2) is 8.42 Å². The first-order valence-corrected chi connectivity index (χ1v) is 9.80. The van der Waals surface area contributed by atoms with Gasteiger partial charge in [0.1, 0.15) is 10.3 Å². The van der Waals surface area contributed by atoms with E-state index in [0.29, 0.717) is 30.1 Å². The van der Waals surface area contributed by atoms with Gasteiger partial charge in [0.15, 0.2) is 0 Å². The number of amides is 1. The number of carbonyl (C=O) groups is 1. The number of thiophene rings is 1. The van der Waals surface area contributed by atoms with Crippen LogP contribution in [0.2, 0.25) is 5.02 Å². The first-order chi connectivity index (χ1) is 11.0. The van der Waals surface area contributed by atoms with Gasteiger partial charge in [-0.3, -0.25) is 4.79 Å². The van der Waals surface area contributed by atoms with E-state index in [1.165, 1.54) is 4.31 Å². The van der Waals surface area contributed by atoms with Crippen molar-refractivity contribution in [2.75, 3.05) is 11.9 Å². The highest BCUT2D eigenvalue weighted by Crippen LogP contribution is 2.29. The van der Waals surface area contributed by atoms with E-state index in [1.807, 2.05) is 0 Å². The molecule has 2 heterocycles. The zero-order valence-corrected chi connectivity index (χ0v) is 14.5. The Morgan fingerprint density at radius 1 is 1.26 bits per heavy atom. The van der Waals surface area contributed by atoms with Gasteiger partial charge in [0.05, 0.1) is 0 Å². The van der Waals surface area contributed by atoms with Crippen LogP contribution in [0.1, 0.15) is 12.8 Å². The van der Waals surface area contributed by atoms with Gasteiger partial charge in [0.25, 0.3) is 10.0 Å². The molecular weight excluding hydrogens is 356 g/mol. The third-order valence-electron chi connectivity index (χ3n) is 3.68. The third-order valence-corrected chi connectivity index (χ3v) is 7.21. The molecule has 0 saturated carbocycles. The molecule has 23 heavy (non-hydrogen) atoms. The molecule has 122 valence electrons. The fourth-order valence-electron chi connectivity index (χ4n) is 2.57. The minimum Gasteiger partial charge on any atom is -0.325 e. The number of benzene rings is 1. The molecule has 5 nitrogen and oxygen atoms in total. The summed E-state index contributed by atoms with van der Waals surface area (Å²) in [5, 5.41) is 5.05. The molecule has 0 radical (unpaired) electrons. The number of halogens is 1. The number of sulfonamides is 1. The molecule has 3 rings (SSSR count). The van der Waals surface area contributed by atoms with Gasteiger partial charge in [0, 0.05) is 17.3 Å². The maximum absolute atomic E-state index is 12.6. The van der Waals surface area contributed by atoms with Crippen molar-refractivity contribution in [1.82, 2.24) is 4.31 Å². The lowest BCUT2D eigenvalue weighted by molar-refractivity contribution is -0.119. The summed E-state index contributed by atoms with van der Waals surface area (Å²) >= 11 is 6.98. The smallest absolute Gasteiger partial charge is 0.253 e. The Hall–Kier alpha value is -1.41. The number of rotatable bonds is 4. The van der Waals surface area contributed by atoms with E-state index in [0.717, 1.165) is 11.3 Å². The molecule has 8 heteroatoms. The van der Waals surface area contributed by atoms with E-state index in [-0.39, 0.29) is 10.1 Å². The molecule has 1 N–H and O–H groups in total. The van der Waals surface area contributed by atoms with Crippen molar-refractivity contribution in [2.24, 2.45) is 0 Å². The number of carbonyl (C=O) groups excluding carboxylic acids is 1. The van der Waals surface area contributed by atoms with Crippen molar-refractivity contribution in [1.29, 1.82) is 0 Å². The van der Waals surface area contributed by atoms with Gasteiger partial charge in [0.2, 0.25) is 5.91 Å². The van der Waals surface area contributed by atoms with Crippen LogP contribution in [0.15, 0.2) is 46.0 Å². The van der Waals surface area contributed by atoms with Crippen LogP contribution in [0.3, 0.4) is 0 Å². The number of hydrogen-bond donors (Lipinski definition) is 1. The highest BCUT2D eigenvalue weighted by atomic mass is 35.5. The Bertz CT molecular complexity index is 789. The second-order valence-electron chi connectivity index (χ2n) is 5.20. The van der Waals surface area contributed by atoms with Crippen LogP contribution in [0.25, 0.3) is 0 Å². The summed E-state index contributed by atoms with van der Waals surface area (Å²) < 4.78 is 26.9. The molecule has 1 atom stereocenters. The summed E-state index contributed by atoms with van der Waals surface area (Å²) in [6.07, 6.45) is 1.19. The van der Waals surface area contributed by atoms with Crippen LogP contribution in [0, 0.1) is 0 Å². The van der Waals surface area contributed by atoms with Crippen molar-refractivity contribution in [3.63, 3.8) is 0 Å². The quantitative estimate of drug-likeness (QED) is 0.898. The van der Waals surface area contributed by atoms with Crippen molar-refractivity contribution in [3.05, 3.63) is 46.8 Å². The molecule has 1 amide bonds. The lowest BCUT2D eigenvalue weighted by Gasteiger charge is -2.22. The van der Waals surface area contributed by atoms with Gasteiger partial charge in [-0.1, -0.05) is 17.7 Å². The SMILES string of the molecule is O=C(Nc1ccc(Cl)cc1)C1CCCN1S(=O)(=O)c1cccs1. The third kappa shape index (κ3) is 3.42. The maximum atomic E-state index is 12.6. The summed E-state index contributed by atoms with van der Waals surface area (Å²) in [5.74, 6) is -0.315. The summed E-state index contributed by atoms with van der Waals surface area (Å²) in [6.45, 7) is 0.360. The highest BCUT2D eigenvalue weighted by Gasteiger charge is 2.39. The molecule has 0 spiro atoms. The van der Waals surface area contributed by atoms with Crippen LogP contribution in [-0.2, 0) is 14.8 Å². The average molecular weight is 371 g/mol. The van der Waals surface area contributed by atoms with Crippen LogP contribution in [0.4, 0.5) is 5.69 Å². The second-order valence-corrected chi connectivity index (χ2v) is 8.70. The Labute approximate surface area is 143 Å². The monoisotopic (exact) mass is 370 g/mol. The zero-order valence-electron chi connectivity index (χ0n) is 12.1. The minimum absolute atomic E-state index is 0.267. The zero-order chi connectivity index (χ0) is 16.4. The summed E-state index contributed by atoms with van der Waals surface area (Å²) in [6, 6.07) is 9.29. The molecule has 1 aliphatic heterocycles. The lowest BCUT2D eigenvalue weighted by Crippen LogP contribution is -2.42. The molecular formula is C15H15ClN2O3S2. The Morgan fingerprint density at radius 2 is 2.00 bits per heavy atom. The largest absolute Gasteiger partial charge is 0.325 e. The first kappa shape index (κ1) is 16.4. The predicted molar refractivity (Wildman–Crippen MR) is 91.3 cm³/mol. The Kier molecular flexibility index (Phi) is 4.72. The van der Waals surface area contributed by atoms with Crippen molar-refractivity contribution in [2.45, 2.75) is 23.1 Å². The number of nitrogens with zero attached hydrogens (tertiary/aromatic N) is 1. The summed E-state index contributed by atoms with van der Waals surface area (Å²) in [4.78, 5) is 12.5. The van der Waals surface area contributed by atoms with Crippen molar-refractivity contribution < 1.29 is 13.2 Å². The maximum Gasteiger partial charge on any atom is 0.253 e. The van der Waals surface area contributed by atoms with E-state index >= 15 is 0 Å². The number of nitrogens with one attached hydrogen (secondary N) is 1. The fourth-order valence-corrected chi connectivity index (χ4v) is 5.48. The highest BCUT2D eigenvalue weighted by molar-refractivity contribution is 7.91. The summed E-state index contributed by atoms with van der Waals surface area (Å²) in [5.41, 5.74) is 0.597.